The smallest absolute Gasteiger partial charge is 0.337 e. The van der Waals surface area contributed by atoms with Crippen molar-refractivity contribution < 1.29 is 14.3 Å². The molecule has 2 atom stereocenters. The van der Waals surface area contributed by atoms with Crippen LogP contribution in [-0.2, 0) is 14.3 Å². The van der Waals surface area contributed by atoms with Gasteiger partial charge in [-0.3, -0.25) is 14.7 Å². The Labute approximate surface area is 208 Å². The number of hydrogen-bond acceptors (Lipinski definition) is 8. The molecule has 1 amide bonds. The Bertz CT molecular complexity index is 1100. The Morgan fingerprint density at radius 1 is 1.29 bits per heavy atom. The molecule has 2 saturated heterocycles. The van der Waals surface area contributed by atoms with Gasteiger partial charge in [0.25, 0.3) is 0 Å². The van der Waals surface area contributed by atoms with E-state index in [2.05, 4.69) is 20.2 Å². The van der Waals surface area contributed by atoms with Crippen molar-refractivity contribution in [1.29, 1.82) is 0 Å². The molecule has 1 aromatic heterocycles. The van der Waals surface area contributed by atoms with Crippen LogP contribution in [0.5, 0.6) is 0 Å². The summed E-state index contributed by atoms with van der Waals surface area (Å²) >= 11 is 7.15. The molecular weight excluding hydrogens is 474 g/mol. The average molecular weight is 502 g/mol. The van der Waals surface area contributed by atoms with Gasteiger partial charge in [-0.25, -0.2) is 9.78 Å². The number of benzene rings is 1. The van der Waals surface area contributed by atoms with Gasteiger partial charge in [0, 0.05) is 60.9 Å². The van der Waals surface area contributed by atoms with Gasteiger partial charge in [0.1, 0.15) is 0 Å². The molecule has 2 fully saturated rings. The average Bonchev–Trinajstić information content (AvgIpc) is 3.56. The van der Waals surface area contributed by atoms with Crippen LogP contribution in [0.25, 0.3) is 0 Å². The van der Waals surface area contributed by atoms with Crippen LogP contribution < -0.4 is 5.32 Å². The summed E-state index contributed by atoms with van der Waals surface area (Å²) in [7, 11) is 1.38. The molecule has 8 nitrogen and oxygen atoms in total. The Kier molecular flexibility index (Phi) is 7.65. The standard InChI is InChI=1S/C17H21N5O3S.C7H7Cl/c1-10(23)22-8-11-5-12(22)7-21(11)9-14-13(17(24)25-2)6-19-15(20-14)16-18-3-4-26-16;1-6-3-2-4-7(8)5-6/h3-4,11-12H,5-9H2,1-2H3,(H,19,20);2-5H,1H3. The van der Waals surface area contributed by atoms with E-state index < -0.39 is 0 Å². The fourth-order valence-corrected chi connectivity index (χ4v) is 5.40. The van der Waals surface area contributed by atoms with Crippen LogP contribution in [-0.4, -0.2) is 77.9 Å². The number of amides is 1. The second kappa shape index (κ2) is 10.7. The quantitative estimate of drug-likeness (QED) is 0.648. The number of carbonyl (C=O) groups excluding carboxylic acids is 2. The summed E-state index contributed by atoms with van der Waals surface area (Å²) in [5.74, 6) is 0.474. The number of aliphatic imine (C=N–C) groups is 1. The molecule has 34 heavy (non-hydrogen) atoms. The first kappa shape index (κ1) is 24.4. The lowest BCUT2D eigenvalue weighted by molar-refractivity contribution is -0.136. The summed E-state index contributed by atoms with van der Waals surface area (Å²) in [5, 5.41) is 6.81. The molecule has 0 saturated carbocycles. The van der Waals surface area contributed by atoms with Crippen molar-refractivity contribution >= 4 is 40.6 Å². The summed E-state index contributed by atoms with van der Waals surface area (Å²) in [6.45, 7) is 6.13. The molecule has 2 aromatic rings. The fourth-order valence-electron chi connectivity index (χ4n) is 4.56. The maximum atomic E-state index is 12.2. The largest absolute Gasteiger partial charge is 0.466 e. The number of amidine groups is 1. The van der Waals surface area contributed by atoms with Gasteiger partial charge < -0.3 is 15.0 Å². The molecule has 1 N–H and O–H groups in total. The van der Waals surface area contributed by atoms with Crippen LogP contribution in [0.1, 0.15) is 23.9 Å². The van der Waals surface area contributed by atoms with Crippen LogP contribution in [0.2, 0.25) is 5.02 Å². The van der Waals surface area contributed by atoms with E-state index in [4.69, 9.17) is 16.3 Å². The van der Waals surface area contributed by atoms with Crippen molar-refractivity contribution in [1.82, 2.24) is 20.1 Å². The number of aryl methyl sites for hydroxylation is 1. The highest BCUT2D eigenvalue weighted by atomic mass is 35.5. The van der Waals surface area contributed by atoms with Gasteiger partial charge in [0.05, 0.1) is 19.2 Å². The minimum Gasteiger partial charge on any atom is -0.466 e. The maximum absolute atomic E-state index is 12.2. The number of methoxy groups -OCH3 is 1. The number of aromatic nitrogens is 1. The highest BCUT2D eigenvalue weighted by Crippen LogP contribution is 2.31. The predicted molar refractivity (Wildman–Crippen MR) is 133 cm³/mol. The van der Waals surface area contributed by atoms with E-state index in [-0.39, 0.29) is 24.5 Å². The number of thiazole rings is 1. The van der Waals surface area contributed by atoms with E-state index in [1.54, 1.807) is 13.1 Å². The number of piperazine rings is 1. The summed E-state index contributed by atoms with van der Waals surface area (Å²) in [5.41, 5.74) is 2.58. The molecule has 2 bridgehead atoms. The summed E-state index contributed by atoms with van der Waals surface area (Å²) in [4.78, 5) is 36.9. The Hall–Kier alpha value is -2.75. The molecule has 1 aromatic carbocycles. The van der Waals surface area contributed by atoms with Crippen LogP contribution >= 0.6 is 22.9 Å². The number of esters is 1. The Morgan fingerprint density at radius 2 is 2.12 bits per heavy atom. The SMILES string of the molecule is COC(=O)C1=C(CN2CC3CC2CN3C(C)=O)NC(c2nccs2)=NC1.Cc1cccc(Cl)c1. The second-order valence-corrected chi connectivity index (χ2v) is 9.85. The zero-order valence-corrected chi connectivity index (χ0v) is 21.0. The molecule has 3 aliphatic heterocycles. The third-order valence-corrected chi connectivity index (χ3v) is 7.21. The zero-order valence-electron chi connectivity index (χ0n) is 19.5. The number of ether oxygens (including phenoxy) is 1. The van der Waals surface area contributed by atoms with E-state index >= 15 is 0 Å². The molecular formula is C24H28ClN5O3S. The molecule has 0 aliphatic carbocycles. The van der Waals surface area contributed by atoms with Crippen LogP contribution in [0, 0.1) is 6.92 Å². The van der Waals surface area contributed by atoms with Crippen molar-refractivity contribution in [3.63, 3.8) is 0 Å². The number of halogens is 1. The summed E-state index contributed by atoms with van der Waals surface area (Å²) < 4.78 is 4.93. The van der Waals surface area contributed by atoms with Crippen molar-refractivity contribution in [2.24, 2.45) is 4.99 Å². The first-order valence-electron chi connectivity index (χ1n) is 11.1. The minimum absolute atomic E-state index is 0.139. The van der Waals surface area contributed by atoms with Crippen molar-refractivity contribution in [2.45, 2.75) is 32.4 Å². The number of nitrogens with one attached hydrogen (secondary N) is 1. The topological polar surface area (TPSA) is 87.1 Å². The highest BCUT2D eigenvalue weighted by molar-refractivity contribution is 7.11. The van der Waals surface area contributed by atoms with Crippen LogP contribution in [0.4, 0.5) is 0 Å². The van der Waals surface area contributed by atoms with Gasteiger partial charge in [-0.1, -0.05) is 23.7 Å². The molecule has 4 heterocycles. The molecule has 0 spiro atoms. The van der Waals surface area contributed by atoms with E-state index in [9.17, 15) is 9.59 Å². The first-order valence-corrected chi connectivity index (χ1v) is 12.4. The Balaban J connectivity index is 0.000000291. The number of carbonyl (C=O) groups is 2. The zero-order chi connectivity index (χ0) is 24.2. The normalized spacial score (nSPS) is 21.5. The number of nitrogens with zero attached hydrogens (tertiary/aromatic N) is 4. The molecule has 3 aliphatic rings. The number of fused-ring (bicyclic) bond motifs is 2. The van der Waals surface area contributed by atoms with E-state index in [1.807, 2.05) is 41.5 Å². The van der Waals surface area contributed by atoms with Crippen LogP contribution in [0.3, 0.4) is 0 Å². The van der Waals surface area contributed by atoms with Crippen LogP contribution in [0.15, 0.2) is 52.1 Å². The molecule has 180 valence electrons. The lowest BCUT2D eigenvalue weighted by Gasteiger charge is -2.35. The van der Waals surface area contributed by atoms with Crippen molar-refractivity contribution in [3.05, 3.63) is 62.7 Å². The lowest BCUT2D eigenvalue weighted by Crippen LogP contribution is -2.50. The summed E-state index contributed by atoms with van der Waals surface area (Å²) in [6, 6.07) is 8.37. The Morgan fingerprint density at radius 3 is 2.68 bits per heavy atom. The van der Waals surface area contributed by atoms with E-state index in [1.165, 1.54) is 24.0 Å². The van der Waals surface area contributed by atoms with Gasteiger partial charge in [-0.05, 0) is 31.0 Å². The third-order valence-electron chi connectivity index (χ3n) is 6.20. The maximum Gasteiger partial charge on any atom is 0.337 e. The van der Waals surface area contributed by atoms with Gasteiger partial charge >= 0.3 is 5.97 Å². The van der Waals surface area contributed by atoms with Crippen molar-refractivity contribution in [2.75, 3.05) is 33.3 Å². The van der Waals surface area contributed by atoms with Gasteiger partial charge in [-0.15, -0.1) is 11.3 Å². The number of hydrogen-bond donors (Lipinski definition) is 1. The monoisotopic (exact) mass is 501 g/mol. The van der Waals surface area contributed by atoms with Gasteiger partial charge in [0.15, 0.2) is 10.8 Å². The first-order chi connectivity index (χ1) is 16.4. The minimum atomic E-state index is -0.357. The lowest BCUT2D eigenvalue weighted by atomic mass is 10.1. The molecule has 2 unspecified atom stereocenters. The summed E-state index contributed by atoms with van der Waals surface area (Å²) in [6.07, 6.45) is 2.73. The van der Waals surface area contributed by atoms with Gasteiger partial charge in [-0.2, -0.15) is 0 Å². The predicted octanol–water partition coefficient (Wildman–Crippen LogP) is 2.87. The van der Waals surface area contributed by atoms with Gasteiger partial charge in [0.2, 0.25) is 5.91 Å². The second-order valence-electron chi connectivity index (χ2n) is 8.52. The molecule has 5 rings (SSSR count). The van der Waals surface area contributed by atoms with E-state index in [0.29, 0.717) is 24.0 Å². The third kappa shape index (κ3) is 5.48. The molecule has 10 heteroatoms. The number of likely N-dealkylation sites (tertiary alicyclic amines) is 2. The van der Waals surface area contributed by atoms with E-state index in [0.717, 1.165) is 35.2 Å². The highest BCUT2D eigenvalue weighted by Gasteiger charge is 2.44. The fraction of sp³-hybridized carbons (Fsp3) is 0.417. The van der Waals surface area contributed by atoms with Crippen molar-refractivity contribution in [3.8, 4) is 0 Å². The molecule has 0 radical (unpaired) electrons. The number of rotatable bonds is 4.